The molecule has 0 bridgehead atoms. The molecular formula is C14H24N2S3. The summed E-state index contributed by atoms with van der Waals surface area (Å²) in [5, 5.41) is 7.73. The van der Waals surface area contributed by atoms with Crippen molar-refractivity contribution in [3.63, 3.8) is 0 Å². The second-order valence-corrected chi connectivity index (χ2v) is 9.40. The van der Waals surface area contributed by atoms with E-state index in [9.17, 15) is 0 Å². The third-order valence-corrected chi connectivity index (χ3v) is 7.17. The summed E-state index contributed by atoms with van der Waals surface area (Å²) in [7, 11) is 2.09. The molecule has 1 fully saturated rings. The number of hydrogen-bond acceptors (Lipinski definition) is 5. The minimum atomic E-state index is 0.166. The van der Waals surface area contributed by atoms with Gasteiger partial charge in [0.1, 0.15) is 0 Å². The second-order valence-electron chi connectivity index (χ2n) is 5.96. The SMILES string of the molecule is CNC(Cc1nc(C(C)(C)C)cs1)C1CSCCS1. The van der Waals surface area contributed by atoms with Crippen molar-refractivity contribution in [3.05, 3.63) is 16.1 Å². The van der Waals surface area contributed by atoms with E-state index in [-0.39, 0.29) is 5.41 Å². The molecule has 2 nitrogen and oxygen atoms in total. The first-order valence-electron chi connectivity index (χ1n) is 6.82. The molecule has 2 heterocycles. The smallest absolute Gasteiger partial charge is 0.0944 e. The number of thioether (sulfide) groups is 2. The fraction of sp³-hybridized carbons (Fsp3) is 0.786. The molecule has 1 aliphatic heterocycles. The highest BCUT2D eigenvalue weighted by Crippen LogP contribution is 2.29. The fourth-order valence-corrected chi connectivity index (χ4v) is 6.10. The zero-order valence-corrected chi connectivity index (χ0v) is 14.7. The lowest BCUT2D eigenvalue weighted by Crippen LogP contribution is -2.40. The molecule has 1 aliphatic rings. The molecule has 0 amide bonds. The zero-order chi connectivity index (χ0) is 13.9. The van der Waals surface area contributed by atoms with Crippen LogP contribution in [0, 0.1) is 0 Å². The maximum atomic E-state index is 4.83. The maximum Gasteiger partial charge on any atom is 0.0944 e. The second kappa shape index (κ2) is 6.83. The summed E-state index contributed by atoms with van der Waals surface area (Å²) in [6.45, 7) is 6.69. The Hall–Kier alpha value is 0.290. The molecule has 0 saturated carbocycles. The van der Waals surface area contributed by atoms with Gasteiger partial charge in [0.15, 0.2) is 0 Å². The Morgan fingerprint density at radius 2 is 2.21 bits per heavy atom. The molecule has 0 spiro atoms. The van der Waals surface area contributed by atoms with Gasteiger partial charge in [-0.1, -0.05) is 20.8 Å². The molecule has 1 N–H and O–H groups in total. The lowest BCUT2D eigenvalue weighted by atomic mass is 9.93. The van der Waals surface area contributed by atoms with Crippen molar-refractivity contribution < 1.29 is 0 Å². The Kier molecular flexibility index (Phi) is 5.64. The molecule has 0 aliphatic carbocycles. The predicted molar refractivity (Wildman–Crippen MR) is 90.9 cm³/mol. The number of hydrogen-bond donors (Lipinski definition) is 1. The summed E-state index contributed by atoms with van der Waals surface area (Å²) in [4.78, 5) is 4.83. The van der Waals surface area contributed by atoms with Gasteiger partial charge in [-0.15, -0.1) is 11.3 Å². The van der Waals surface area contributed by atoms with E-state index >= 15 is 0 Å². The summed E-state index contributed by atoms with van der Waals surface area (Å²) < 4.78 is 0. The maximum absolute atomic E-state index is 4.83. The van der Waals surface area contributed by atoms with Crippen molar-refractivity contribution in [1.82, 2.24) is 10.3 Å². The van der Waals surface area contributed by atoms with Crippen LogP contribution in [0.15, 0.2) is 5.38 Å². The van der Waals surface area contributed by atoms with Gasteiger partial charge in [0.2, 0.25) is 0 Å². The monoisotopic (exact) mass is 316 g/mol. The third-order valence-electron chi connectivity index (χ3n) is 3.38. The molecule has 5 heteroatoms. The normalized spacial score (nSPS) is 22.4. The molecule has 2 rings (SSSR count). The highest BCUT2D eigenvalue weighted by Gasteiger charge is 2.25. The predicted octanol–water partition coefficient (Wildman–Crippen LogP) is 3.42. The van der Waals surface area contributed by atoms with E-state index in [1.165, 1.54) is 28.0 Å². The van der Waals surface area contributed by atoms with Crippen molar-refractivity contribution in [1.29, 1.82) is 0 Å². The Bertz CT molecular complexity index is 392. The van der Waals surface area contributed by atoms with Crippen molar-refractivity contribution in [2.24, 2.45) is 0 Å². The van der Waals surface area contributed by atoms with Crippen LogP contribution in [0.1, 0.15) is 31.5 Å². The average Bonchev–Trinajstić information content (AvgIpc) is 2.85. The molecule has 1 aromatic rings. The average molecular weight is 317 g/mol. The number of nitrogens with one attached hydrogen (secondary N) is 1. The summed E-state index contributed by atoms with van der Waals surface area (Å²) in [5.41, 5.74) is 1.40. The number of rotatable bonds is 4. The van der Waals surface area contributed by atoms with Crippen molar-refractivity contribution in [2.75, 3.05) is 24.3 Å². The van der Waals surface area contributed by atoms with Gasteiger partial charge in [-0.05, 0) is 7.05 Å². The zero-order valence-electron chi connectivity index (χ0n) is 12.2. The van der Waals surface area contributed by atoms with Gasteiger partial charge in [-0.3, -0.25) is 0 Å². The Morgan fingerprint density at radius 1 is 1.42 bits per heavy atom. The van der Waals surface area contributed by atoms with E-state index in [1.54, 1.807) is 0 Å². The molecule has 1 saturated heterocycles. The van der Waals surface area contributed by atoms with Crippen LogP contribution in [0.5, 0.6) is 0 Å². The highest BCUT2D eigenvalue weighted by atomic mass is 32.2. The topological polar surface area (TPSA) is 24.9 Å². The summed E-state index contributed by atoms with van der Waals surface area (Å²) in [6, 6.07) is 0.553. The van der Waals surface area contributed by atoms with Crippen LogP contribution in [0.3, 0.4) is 0 Å². The number of thiazole rings is 1. The van der Waals surface area contributed by atoms with E-state index in [0.717, 1.165) is 11.7 Å². The number of nitrogens with zero attached hydrogens (tertiary/aromatic N) is 1. The molecule has 0 aromatic carbocycles. The van der Waals surface area contributed by atoms with E-state index in [2.05, 4.69) is 62.0 Å². The van der Waals surface area contributed by atoms with Crippen LogP contribution in [0.2, 0.25) is 0 Å². The summed E-state index contributed by atoms with van der Waals surface area (Å²) >= 11 is 6.03. The first-order chi connectivity index (χ1) is 9.00. The van der Waals surface area contributed by atoms with Crippen LogP contribution >= 0.6 is 34.9 Å². The summed E-state index contributed by atoms with van der Waals surface area (Å²) in [5.74, 6) is 3.87. The first kappa shape index (κ1) is 15.7. The summed E-state index contributed by atoms with van der Waals surface area (Å²) in [6.07, 6.45) is 1.06. The standard InChI is InChI=1S/C14H24N2S3/c1-14(2,3)12-9-19-13(16-12)7-10(15-4)11-8-17-5-6-18-11/h9-11,15H,5-8H2,1-4H3. The molecular weight excluding hydrogens is 292 g/mol. The largest absolute Gasteiger partial charge is 0.315 e. The molecule has 1 aromatic heterocycles. The van der Waals surface area contributed by atoms with Gasteiger partial charge in [0.05, 0.1) is 10.7 Å². The lowest BCUT2D eigenvalue weighted by Gasteiger charge is -2.28. The minimum absolute atomic E-state index is 0.166. The quantitative estimate of drug-likeness (QED) is 0.920. The fourth-order valence-electron chi connectivity index (χ4n) is 2.09. The Balaban J connectivity index is 1.99. The van der Waals surface area contributed by atoms with E-state index in [1.807, 2.05) is 11.3 Å². The van der Waals surface area contributed by atoms with Crippen LogP contribution < -0.4 is 5.32 Å². The van der Waals surface area contributed by atoms with Crippen LogP contribution in [0.25, 0.3) is 0 Å². The lowest BCUT2D eigenvalue weighted by molar-refractivity contribution is 0.545. The Labute approximate surface area is 129 Å². The number of likely N-dealkylation sites (N-methyl/N-ethyl adjacent to an activating group) is 1. The van der Waals surface area contributed by atoms with E-state index in [0.29, 0.717) is 6.04 Å². The van der Waals surface area contributed by atoms with Gasteiger partial charge in [-0.2, -0.15) is 23.5 Å². The highest BCUT2D eigenvalue weighted by molar-refractivity contribution is 8.06. The molecule has 2 unspecified atom stereocenters. The van der Waals surface area contributed by atoms with Gasteiger partial charge >= 0.3 is 0 Å². The molecule has 2 atom stereocenters. The van der Waals surface area contributed by atoms with Crippen LogP contribution in [0.4, 0.5) is 0 Å². The van der Waals surface area contributed by atoms with Crippen LogP contribution in [-0.4, -0.2) is 40.6 Å². The van der Waals surface area contributed by atoms with Crippen molar-refractivity contribution in [2.45, 2.75) is 43.9 Å². The van der Waals surface area contributed by atoms with E-state index in [4.69, 9.17) is 4.98 Å². The molecule has 0 radical (unpaired) electrons. The Morgan fingerprint density at radius 3 is 2.74 bits per heavy atom. The van der Waals surface area contributed by atoms with Gasteiger partial charge in [0.25, 0.3) is 0 Å². The first-order valence-corrected chi connectivity index (χ1v) is 9.90. The number of aromatic nitrogens is 1. The third kappa shape index (κ3) is 4.38. The van der Waals surface area contributed by atoms with Gasteiger partial charge < -0.3 is 5.32 Å². The van der Waals surface area contributed by atoms with E-state index < -0.39 is 0 Å². The van der Waals surface area contributed by atoms with Crippen molar-refractivity contribution >= 4 is 34.9 Å². The van der Waals surface area contributed by atoms with Gasteiger partial charge in [0, 0.05) is 45.8 Å². The van der Waals surface area contributed by atoms with Gasteiger partial charge in [-0.25, -0.2) is 4.98 Å². The molecule has 108 valence electrons. The molecule has 19 heavy (non-hydrogen) atoms. The van der Waals surface area contributed by atoms with Crippen LogP contribution in [-0.2, 0) is 11.8 Å². The van der Waals surface area contributed by atoms with Crippen molar-refractivity contribution in [3.8, 4) is 0 Å². The minimum Gasteiger partial charge on any atom is -0.315 e.